The van der Waals surface area contributed by atoms with E-state index >= 15 is 0 Å². The van der Waals surface area contributed by atoms with E-state index in [1.165, 1.54) is 0 Å². The number of fused-ring (bicyclic) bond motifs is 1. The maximum absolute atomic E-state index is 13.8. The van der Waals surface area contributed by atoms with Crippen LogP contribution in [-0.4, -0.2) is 36.6 Å². The van der Waals surface area contributed by atoms with Crippen molar-refractivity contribution < 1.29 is 67.0 Å². The Balaban J connectivity index is 2.59. The second-order valence-electron chi connectivity index (χ2n) is 6.84. The molecular weight excluding hydrogens is 444 g/mol. The second-order valence-corrected chi connectivity index (χ2v) is 6.84. The van der Waals surface area contributed by atoms with Gasteiger partial charge in [0.15, 0.2) is 10.8 Å². The van der Waals surface area contributed by atoms with Crippen LogP contribution in [0.5, 0.6) is 0 Å². The summed E-state index contributed by atoms with van der Waals surface area (Å²) in [7, 11) is 0. The van der Waals surface area contributed by atoms with Gasteiger partial charge in [-0.1, -0.05) is 12.2 Å². The lowest BCUT2D eigenvalue weighted by molar-refractivity contribution is -0.504. The van der Waals surface area contributed by atoms with Gasteiger partial charge in [0.1, 0.15) is 0 Å². The van der Waals surface area contributed by atoms with Gasteiger partial charge in [-0.15, -0.1) is 0 Å². The zero-order valence-electron chi connectivity index (χ0n) is 13.2. The molecular formula is C14H6F12O3. The number of halogens is 12. The molecule has 3 aliphatic carbocycles. The van der Waals surface area contributed by atoms with Crippen LogP contribution in [0.4, 0.5) is 52.7 Å². The van der Waals surface area contributed by atoms with Gasteiger partial charge in [-0.25, -0.2) is 0 Å². The van der Waals surface area contributed by atoms with E-state index in [-0.39, 0.29) is 12.2 Å². The molecule has 1 heterocycles. The first-order valence-corrected chi connectivity index (χ1v) is 7.49. The minimum absolute atomic E-state index is 0.164. The molecule has 0 aromatic rings. The first kappa shape index (κ1) is 21.7. The molecule has 29 heavy (non-hydrogen) atoms. The number of ether oxygens (including phenoxy) is 1. The molecule has 2 bridgehead atoms. The van der Waals surface area contributed by atoms with Crippen molar-refractivity contribution in [2.75, 3.05) is 0 Å². The predicted octanol–water partition coefficient (Wildman–Crippen LogP) is 4.34. The number of cyclic esters (lactones) is 2. The molecule has 2 fully saturated rings. The molecule has 3 nitrogen and oxygen atoms in total. The standard InChI is InChI=1S/C14H6F12O3/c15-11(16,17)9(12(18,19)20)3-1-2-4(6-5(3)7(27)29-8(6)28)10(9,13(21,22)23)14(24,25)26/h1-6H. The van der Waals surface area contributed by atoms with E-state index in [1.807, 2.05) is 0 Å². The normalized spacial score (nSPS) is 33.7. The highest BCUT2D eigenvalue weighted by Crippen LogP contribution is 2.82. The van der Waals surface area contributed by atoms with Crippen LogP contribution in [0.15, 0.2) is 12.2 Å². The molecule has 1 saturated carbocycles. The molecule has 0 amide bonds. The summed E-state index contributed by atoms with van der Waals surface area (Å²) in [5.74, 6) is -17.2. The Morgan fingerprint density at radius 1 is 0.586 bits per heavy atom. The summed E-state index contributed by atoms with van der Waals surface area (Å²) in [6.07, 6.45) is -29.0. The van der Waals surface area contributed by atoms with Crippen molar-refractivity contribution in [2.45, 2.75) is 24.7 Å². The number of allylic oxidation sites excluding steroid dienone is 2. The van der Waals surface area contributed by atoms with E-state index < -0.39 is 71.1 Å². The van der Waals surface area contributed by atoms with E-state index in [9.17, 15) is 62.3 Å². The number of rotatable bonds is 0. The number of carbonyl (C=O) groups excluding carboxylic acids is 2. The number of alkyl halides is 12. The van der Waals surface area contributed by atoms with Gasteiger partial charge in [-0.3, -0.25) is 9.59 Å². The van der Waals surface area contributed by atoms with Gasteiger partial charge >= 0.3 is 36.6 Å². The van der Waals surface area contributed by atoms with Crippen molar-refractivity contribution in [1.29, 1.82) is 0 Å². The molecule has 1 saturated heterocycles. The Labute approximate surface area is 151 Å². The maximum Gasteiger partial charge on any atom is 0.405 e. The van der Waals surface area contributed by atoms with E-state index in [1.54, 1.807) is 0 Å². The average molecular weight is 450 g/mol. The fraction of sp³-hybridized carbons (Fsp3) is 0.714. The van der Waals surface area contributed by atoms with Crippen molar-refractivity contribution in [2.24, 2.45) is 34.5 Å². The van der Waals surface area contributed by atoms with Crippen molar-refractivity contribution in [1.82, 2.24) is 0 Å². The van der Waals surface area contributed by atoms with Gasteiger partial charge in [-0.05, 0) is 0 Å². The van der Waals surface area contributed by atoms with E-state index in [0.717, 1.165) is 0 Å². The van der Waals surface area contributed by atoms with Gasteiger partial charge in [0, 0.05) is 11.8 Å². The summed E-state index contributed by atoms with van der Waals surface area (Å²) < 4.78 is 169. The van der Waals surface area contributed by atoms with Crippen LogP contribution in [-0.2, 0) is 14.3 Å². The van der Waals surface area contributed by atoms with Crippen LogP contribution in [0.2, 0.25) is 0 Å². The number of hydrogen-bond acceptors (Lipinski definition) is 3. The topological polar surface area (TPSA) is 43.4 Å². The fourth-order valence-corrected chi connectivity index (χ4v) is 5.07. The molecule has 1 aliphatic heterocycles. The Kier molecular flexibility index (Phi) is 4.04. The molecule has 0 aromatic heterocycles. The first-order chi connectivity index (χ1) is 12.8. The average Bonchev–Trinajstić information content (AvgIpc) is 2.78. The lowest BCUT2D eigenvalue weighted by atomic mass is 9.38. The van der Waals surface area contributed by atoms with Crippen LogP contribution in [0.1, 0.15) is 0 Å². The minimum atomic E-state index is -7.17. The Bertz CT molecular complexity index is 692. The molecule has 4 unspecified atom stereocenters. The molecule has 0 radical (unpaired) electrons. The van der Waals surface area contributed by atoms with Gasteiger partial charge in [0.25, 0.3) is 0 Å². The third-order valence-corrected chi connectivity index (χ3v) is 5.84. The summed E-state index contributed by atoms with van der Waals surface area (Å²) in [5, 5.41) is 0. The second kappa shape index (κ2) is 5.39. The van der Waals surface area contributed by atoms with Gasteiger partial charge in [-0.2, -0.15) is 52.7 Å². The van der Waals surface area contributed by atoms with Crippen molar-refractivity contribution >= 4 is 11.9 Å². The number of esters is 2. The van der Waals surface area contributed by atoms with E-state index in [0.29, 0.717) is 0 Å². The molecule has 4 rings (SSSR count). The van der Waals surface area contributed by atoms with Gasteiger partial charge in [0.05, 0.1) is 11.8 Å². The Morgan fingerprint density at radius 3 is 1.03 bits per heavy atom. The molecule has 4 atom stereocenters. The predicted molar refractivity (Wildman–Crippen MR) is 63.3 cm³/mol. The highest BCUT2D eigenvalue weighted by molar-refractivity contribution is 5.98. The van der Waals surface area contributed by atoms with Crippen LogP contribution in [0, 0.1) is 34.5 Å². The Hall–Kier alpha value is -1.96. The van der Waals surface area contributed by atoms with E-state index in [2.05, 4.69) is 4.74 Å². The van der Waals surface area contributed by atoms with E-state index in [4.69, 9.17) is 0 Å². The molecule has 15 heteroatoms. The summed E-state index contributed by atoms with van der Waals surface area (Å²) in [4.78, 5) is 23.4. The summed E-state index contributed by atoms with van der Waals surface area (Å²) in [6.45, 7) is 0. The third kappa shape index (κ3) is 2.13. The molecule has 0 aromatic carbocycles. The first-order valence-electron chi connectivity index (χ1n) is 7.49. The lowest BCUT2D eigenvalue weighted by Crippen LogP contribution is -2.80. The Morgan fingerprint density at radius 2 is 0.828 bits per heavy atom. The summed E-state index contributed by atoms with van der Waals surface area (Å²) >= 11 is 0. The smallest absolute Gasteiger partial charge is 0.393 e. The van der Waals surface area contributed by atoms with Crippen molar-refractivity contribution in [3.8, 4) is 0 Å². The highest BCUT2D eigenvalue weighted by Gasteiger charge is 2.99. The minimum Gasteiger partial charge on any atom is -0.393 e. The van der Waals surface area contributed by atoms with Crippen LogP contribution in [0.3, 0.4) is 0 Å². The largest absolute Gasteiger partial charge is 0.405 e. The maximum atomic E-state index is 13.8. The number of carbonyl (C=O) groups is 2. The monoisotopic (exact) mass is 450 g/mol. The highest BCUT2D eigenvalue weighted by atomic mass is 19.4. The molecule has 4 aliphatic rings. The molecule has 0 spiro atoms. The summed E-state index contributed by atoms with van der Waals surface area (Å²) in [6, 6.07) is 0. The van der Waals surface area contributed by atoms with Crippen molar-refractivity contribution in [3.05, 3.63) is 12.2 Å². The van der Waals surface area contributed by atoms with Crippen LogP contribution >= 0.6 is 0 Å². The fourth-order valence-electron chi connectivity index (χ4n) is 5.07. The SMILES string of the molecule is O=C1OC(=O)C2C1C1C=CC2C(C(F)(F)F)(C(F)(F)F)C1(C(F)(F)F)C(F)(F)F. The third-order valence-electron chi connectivity index (χ3n) is 5.84. The van der Waals surface area contributed by atoms with Crippen molar-refractivity contribution in [3.63, 3.8) is 0 Å². The number of hydrogen-bond donors (Lipinski definition) is 0. The van der Waals surface area contributed by atoms with Gasteiger partial charge in [0.2, 0.25) is 0 Å². The zero-order valence-corrected chi connectivity index (χ0v) is 13.2. The molecule has 164 valence electrons. The summed E-state index contributed by atoms with van der Waals surface area (Å²) in [5.41, 5.74) is -13.0. The van der Waals surface area contributed by atoms with Gasteiger partial charge < -0.3 is 4.74 Å². The van der Waals surface area contributed by atoms with Crippen LogP contribution < -0.4 is 0 Å². The quantitative estimate of drug-likeness (QED) is 0.239. The van der Waals surface area contributed by atoms with Crippen LogP contribution in [0.25, 0.3) is 0 Å². The zero-order chi connectivity index (χ0) is 22.6. The lowest BCUT2D eigenvalue weighted by Gasteiger charge is -2.63. The molecule has 0 N–H and O–H groups in total.